The van der Waals surface area contributed by atoms with Crippen molar-refractivity contribution in [3.8, 4) is 0 Å². The van der Waals surface area contributed by atoms with Gasteiger partial charge in [-0.2, -0.15) is 0 Å². The Hall–Kier alpha value is -2.69. The van der Waals surface area contributed by atoms with Crippen LogP contribution in [0.2, 0.25) is 0 Å². The number of aromatic nitrogens is 1. The lowest BCUT2D eigenvalue weighted by Gasteiger charge is -2.16. The molecule has 138 valence electrons. The monoisotopic (exact) mass is 354 g/mol. The number of hydrogen-bond donors (Lipinski definition) is 1. The molecule has 0 atom stereocenters. The Balaban J connectivity index is 2.42. The van der Waals surface area contributed by atoms with Crippen LogP contribution in [0.4, 0.5) is 5.69 Å². The van der Waals surface area contributed by atoms with Crippen LogP contribution in [0.5, 0.6) is 0 Å². The molecule has 0 bridgehead atoms. The van der Waals surface area contributed by atoms with E-state index in [-0.39, 0.29) is 12.5 Å². The maximum Gasteiger partial charge on any atom is 0.339 e. The number of aryl methyl sites for hydroxylation is 4. The zero-order chi connectivity index (χ0) is 19.3. The number of nitrogens with one attached hydrogen (secondary N) is 1. The fourth-order valence-electron chi connectivity index (χ4n) is 2.95. The SMILES string of the molecule is CCOC(=O)c1cc(C(=O)Nc2c(CC)cccc2CC)c(C)nc1C. The average molecular weight is 354 g/mol. The molecule has 0 radical (unpaired) electrons. The summed E-state index contributed by atoms with van der Waals surface area (Å²) in [6.07, 6.45) is 1.64. The van der Waals surface area contributed by atoms with E-state index in [1.54, 1.807) is 26.8 Å². The molecule has 1 aromatic heterocycles. The summed E-state index contributed by atoms with van der Waals surface area (Å²) in [5.74, 6) is -0.731. The summed E-state index contributed by atoms with van der Waals surface area (Å²) in [6.45, 7) is 9.64. The van der Waals surface area contributed by atoms with Crippen LogP contribution in [-0.2, 0) is 17.6 Å². The molecule has 0 spiro atoms. The highest BCUT2D eigenvalue weighted by molar-refractivity contribution is 6.07. The lowest BCUT2D eigenvalue weighted by molar-refractivity contribution is 0.0525. The molecule has 26 heavy (non-hydrogen) atoms. The lowest BCUT2D eigenvalue weighted by atomic mass is 10.0. The Labute approximate surface area is 154 Å². The van der Waals surface area contributed by atoms with E-state index in [2.05, 4.69) is 24.1 Å². The van der Waals surface area contributed by atoms with Crippen molar-refractivity contribution in [2.45, 2.75) is 47.5 Å². The summed E-state index contributed by atoms with van der Waals surface area (Å²) in [5.41, 5.74) is 4.86. The molecule has 2 aromatic rings. The van der Waals surface area contributed by atoms with Crippen LogP contribution in [0.15, 0.2) is 24.3 Å². The predicted octanol–water partition coefficient (Wildman–Crippen LogP) is 4.25. The van der Waals surface area contributed by atoms with Crippen molar-refractivity contribution in [2.75, 3.05) is 11.9 Å². The van der Waals surface area contributed by atoms with Crippen LogP contribution < -0.4 is 5.32 Å². The first-order valence-corrected chi connectivity index (χ1v) is 9.00. The Morgan fingerprint density at radius 1 is 1.00 bits per heavy atom. The van der Waals surface area contributed by atoms with Gasteiger partial charge in [0.05, 0.1) is 29.1 Å². The van der Waals surface area contributed by atoms with Gasteiger partial charge in [-0.05, 0) is 50.8 Å². The first kappa shape index (κ1) is 19.6. The van der Waals surface area contributed by atoms with Crippen LogP contribution >= 0.6 is 0 Å². The van der Waals surface area contributed by atoms with Gasteiger partial charge in [-0.25, -0.2) is 4.79 Å². The van der Waals surface area contributed by atoms with Crippen LogP contribution in [-0.4, -0.2) is 23.5 Å². The predicted molar refractivity (Wildman–Crippen MR) is 103 cm³/mol. The molecule has 0 unspecified atom stereocenters. The second-order valence-electron chi connectivity index (χ2n) is 6.09. The van der Waals surface area contributed by atoms with E-state index in [0.717, 1.165) is 29.7 Å². The van der Waals surface area contributed by atoms with E-state index in [0.29, 0.717) is 22.5 Å². The minimum absolute atomic E-state index is 0.267. The lowest BCUT2D eigenvalue weighted by Crippen LogP contribution is -2.19. The average Bonchev–Trinajstić information content (AvgIpc) is 2.61. The Bertz CT molecular complexity index is 806. The van der Waals surface area contributed by atoms with Gasteiger partial charge in [0.25, 0.3) is 5.91 Å². The number of para-hydroxylation sites is 1. The van der Waals surface area contributed by atoms with Crippen molar-refractivity contribution in [3.63, 3.8) is 0 Å². The van der Waals surface area contributed by atoms with Gasteiger partial charge in [0, 0.05) is 5.69 Å². The second kappa shape index (κ2) is 8.61. The molecular formula is C21H26N2O3. The number of ether oxygens (including phenoxy) is 1. The summed E-state index contributed by atoms with van der Waals surface area (Å²) in [7, 11) is 0. The fourth-order valence-corrected chi connectivity index (χ4v) is 2.95. The third-order valence-electron chi connectivity index (χ3n) is 4.38. The van der Waals surface area contributed by atoms with E-state index in [1.807, 2.05) is 18.2 Å². The highest BCUT2D eigenvalue weighted by Crippen LogP contribution is 2.24. The van der Waals surface area contributed by atoms with Gasteiger partial charge in [0.2, 0.25) is 0 Å². The molecule has 0 fully saturated rings. The third kappa shape index (κ3) is 4.10. The first-order valence-electron chi connectivity index (χ1n) is 9.00. The normalized spacial score (nSPS) is 10.5. The molecule has 0 aliphatic rings. The number of nitrogens with zero attached hydrogens (tertiary/aromatic N) is 1. The molecular weight excluding hydrogens is 328 g/mol. The minimum Gasteiger partial charge on any atom is -0.462 e. The van der Waals surface area contributed by atoms with Crippen molar-refractivity contribution in [1.29, 1.82) is 0 Å². The van der Waals surface area contributed by atoms with Gasteiger partial charge in [-0.1, -0.05) is 32.0 Å². The molecule has 0 saturated carbocycles. The molecule has 1 aromatic carbocycles. The smallest absolute Gasteiger partial charge is 0.339 e. The molecule has 2 rings (SSSR count). The fraction of sp³-hybridized carbons (Fsp3) is 0.381. The minimum atomic E-state index is -0.463. The zero-order valence-electron chi connectivity index (χ0n) is 16.1. The van der Waals surface area contributed by atoms with E-state index in [1.165, 1.54) is 0 Å². The van der Waals surface area contributed by atoms with E-state index in [4.69, 9.17) is 4.74 Å². The molecule has 0 saturated heterocycles. The summed E-state index contributed by atoms with van der Waals surface area (Å²) in [5, 5.41) is 3.02. The topological polar surface area (TPSA) is 68.3 Å². The number of hydrogen-bond acceptors (Lipinski definition) is 4. The van der Waals surface area contributed by atoms with Crippen molar-refractivity contribution in [2.24, 2.45) is 0 Å². The second-order valence-corrected chi connectivity index (χ2v) is 6.09. The summed E-state index contributed by atoms with van der Waals surface area (Å²) < 4.78 is 5.06. The van der Waals surface area contributed by atoms with Crippen LogP contribution in [0.3, 0.4) is 0 Å². The van der Waals surface area contributed by atoms with Crippen LogP contribution in [0.1, 0.15) is 64.0 Å². The highest BCUT2D eigenvalue weighted by Gasteiger charge is 2.19. The standard InChI is InChI=1S/C21H26N2O3/c1-6-15-10-9-11-16(7-2)19(15)23-20(24)17-12-18(21(25)26-8-3)14(5)22-13(17)4/h9-12H,6-8H2,1-5H3,(H,23,24). The Kier molecular flexibility index (Phi) is 6.50. The maximum absolute atomic E-state index is 12.9. The molecule has 1 N–H and O–H groups in total. The molecule has 1 heterocycles. The summed E-state index contributed by atoms with van der Waals surface area (Å²) in [6, 6.07) is 7.61. The van der Waals surface area contributed by atoms with Crippen molar-refractivity contribution in [3.05, 3.63) is 57.9 Å². The third-order valence-corrected chi connectivity index (χ3v) is 4.38. The van der Waals surface area contributed by atoms with Crippen LogP contribution in [0, 0.1) is 13.8 Å². The van der Waals surface area contributed by atoms with Gasteiger partial charge in [0.1, 0.15) is 0 Å². The molecule has 1 amide bonds. The largest absolute Gasteiger partial charge is 0.462 e. The molecule has 5 nitrogen and oxygen atoms in total. The highest BCUT2D eigenvalue weighted by atomic mass is 16.5. The molecule has 0 aliphatic carbocycles. The number of rotatable bonds is 6. The van der Waals surface area contributed by atoms with Gasteiger partial charge < -0.3 is 10.1 Å². The van der Waals surface area contributed by atoms with E-state index < -0.39 is 5.97 Å². The Morgan fingerprint density at radius 3 is 2.12 bits per heavy atom. The number of amides is 1. The van der Waals surface area contributed by atoms with Gasteiger partial charge in [-0.3, -0.25) is 9.78 Å². The van der Waals surface area contributed by atoms with Gasteiger partial charge in [-0.15, -0.1) is 0 Å². The number of carbonyl (C=O) groups excluding carboxylic acids is 2. The number of carbonyl (C=O) groups is 2. The number of benzene rings is 1. The summed E-state index contributed by atoms with van der Waals surface area (Å²) >= 11 is 0. The number of pyridine rings is 1. The quantitative estimate of drug-likeness (QED) is 0.787. The van der Waals surface area contributed by atoms with E-state index >= 15 is 0 Å². The van der Waals surface area contributed by atoms with Crippen molar-refractivity contribution in [1.82, 2.24) is 4.98 Å². The van der Waals surface area contributed by atoms with E-state index in [9.17, 15) is 9.59 Å². The number of esters is 1. The van der Waals surface area contributed by atoms with Crippen molar-refractivity contribution >= 4 is 17.6 Å². The van der Waals surface area contributed by atoms with Crippen molar-refractivity contribution < 1.29 is 14.3 Å². The summed E-state index contributed by atoms with van der Waals surface area (Å²) in [4.78, 5) is 29.4. The zero-order valence-corrected chi connectivity index (χ0v) is 16.1. The maximum atomic E-state index is 12.9. The van der Waals surface area contributed by atoms with Crippen LogP contribution in [0.25, 0.3) is 0 Å². The Morgan fingerprint density at radius 2 is 1.58 bits per heavy atom. The molecule has 5 heteroatoms. The molecule has 0 aliphatic heterocycles. The van der Waals surface area contributed by atoms with Gasteiger partial charge >= 0.3 is 5.97 Å². The van der Waals surface area contributed by atoms with Gasteiger partial charge in [0.15, 0.2) is 0 Å². The first-order chi connectivity index (χ1) is 12.4. The number of anilines is 1.